The number of rotatable bonds is 20. The molecule has 18 heteroatoms. The molecule has 53 heavy (non-hydrogen) atoms. The van der Waals surface area contributed by atoms with Gasteiger partial charge in [-0.1, -0.05) is 17.7 Å². The van der Waals surface area contributed by atoms with E-state index in [1.54, 1.807) is 34.6 Å². The summed E-state index contributed by atoms with van der Waals surface area (Å²) in [6.07, 6.45) is 2.31. The fourth-order valence-corrected chi connectivity index (χ4v) is 10.2. The van der Waals surface area contributed by atoms with Crippen LogP contribution in [0.2, 0.25) is 5.02 Å². The summed E-state index contributed by atoms with van der Waals surface area (Å²) in [4.78, 5) is 31.2. The molecule has 4 rings (SSSR count). The largest absolute Gasteiger partial charge is 0.493 e. The van der Waals surface area contributed by atoms with Crippen molar-refractivity contribution in [1.29, 1.82) is 0 Å². The van der Waals surface area contributed by atoms with Crippen LogP contribution in [-0.2, 0) is 33.6 Å². The summed E-state index contributed by atoms with van der Waals surface area (Å²) in [6, 6.07) is 11.7. The first-order valence-electron chi connectivity index (χ1n) is 16.7. The van der Waals surface area contributed by atoms with Crippen LogP contribution in [0.5, 0.6) is 17.2 Å². The summed E-state index contributed by atoms with van der Waals surface area (Å²) in [5.74, 6) is -2.50. The number of nitrogens with one attached hydrogen (secondary N) is 1. The monoisotopic (exact) mass is 797 g/mol. The van der Waals surface area contributed by atoms with Crippen LogP contribution in [0.1, 0.15) is 50.5 Å². The highest BCUT2D eigenvalue weighted by atomic mass is 35.5. The van der Waals surface area contributed by atoms with E-state index >= 15 is 4.39 Å². The molecule has 0 bridgehead atoms. The molecule has 286 valence electrons. The van der Waals surface area contributed by atoms with Gasteiger partial charge in [-0.25, -0.2) is 13.8 Å². The fourth-order valence-electron chi connectivity index (χ4n) is 5.12. The van der Waals surface area contributed by atoms with E-state index in [9.17, 15) is 23.1 Å². The molecule has 0 unspecified atom stereocenters. The third kappa shape index (κ3) is 9.98. The Bertz CT molecular complexity index is 2000. The normalized spacial score (nSPS) is 11.9. The number of pyridine rings is 2. The molecule has 0 aliphatic heterocycles. The highest BCUT2D eigenvalue weighted by molar-refractivity contribution is 7.72. The molecule has 0 fully saturated rings. The minimum Gasteiger partial charge on any atom is -0.493 e. The molecule has 0 saturated heterocycles. The van der Waals surface area contributed by atoms with Crippen LogP contribution in [-0.4, -0.2) is 53.9 Å². The van der Waals surface area contributed by atoms with Crippen molar-refractivity contribution >= 4 is 38.4 Å². The van der Waals surface area contributed by atoms with E-state index in [-0.39, 0.29) is 78.7 Å². The molecule has 2 aromatic heterocycles. The first kappa shape index (κ1) is 41.8. The molecule has 0 aliphatic rings. The van der Waals surface area contributed by atoms with Crippen LogP contribution in [0.25, 0.3) is 5.69 Å². The predicted molar refractivity (Wildman–Crippen MR) is 196 cm³/mol. The summed E-state index contributed by atoms with van der Waals surface area (Å²) < 4.78 is 91.3. The number of Topliss-reactive ketones (excluding diaryl/α,β-unsaturated/α-hetero) is 1. The molecule has 0 aliphatic carbocycles. The van der Waals surface area contributed by atoms with E-state index in [0.29, 0.717) is 5.69 Å². The number of hydrogen-bond donors (Lipinski definition) is 1. The number of ketones is 1. The van der Waals surface area contributed by atoms with Crippen molar-refractivity contribution in [2.75, 3.05) is 38.4 Å². The number of nitrogens with zero attached hydrogens (tertiary/aromatic N) is 2. The van der Waals surface area contributed by atoms with Gasteiger partial charge in [0.25, 0.3) is 5.56 Å². The quantitative estimate of drug-likeness (QED) is 0.0671. The second-order valence-corrected chi connectivity index (χ2v) is 15.9. The van der Waals surface area contributed by atoms with Gasteiger partial charge < -0.3 is 32.9 Å². The zero-order valence-corrected chi connectivity index (χ0v) is 32.2. The third-order valence-electron chi connectivity index (χ3n) is 7.27. The zero-order valence-electron chi connectivity index (χ0n) is 29.7. The number of carbonyl (C=O) groups excluding carboxylic acids is 1. The Morgan fingerprint density at radius 2 is 1.43 bits per heavy atom. The summed E-state index contributed by atoms with van der Waals surface area (Å²) >= 11 is 6.63. The van der Waals surface area contributed by atoms with E-state index in [1.807, 2.05) is 0 Å². The number of halogens is 3. The minimum atomic E-state index is -4.25. The molecule has 2 aromatic carbocycles. The van der Waals surface area contributed by atoms with Crippen molar-refractivity contribution in [2.45, 2.75) is 46.6 Å². The molecule has 1 N–H and O–H groups in total. The first-order valence-corrected chi connectivity index (χ1v) is 20.3. The number of carbonyl (C=O) groups is 1. The van der Waals surface area contributed by atoms with Gasteiger partial charge in [0.05, 0.1) is 33.0 Å². The second-order valence-electron chi connectivity index (χ2n) is 10.8. The summed E-state index contributed by atoms with van der Waals surface area (Å²) in [7, 11) is -8.50. The summed E-state index contributed by atoms with van der Waals surface area (Å²) in [6.45, 7) is 7.93. The number of ether oxygens (including phenoxy) is 2. The highest BCUT2D eigenvalue weighted by Gasteiger charge is 2.51. The van der Waals surface area contributed by atoms with Crippen molar-refractivity contribution < 1.29 is 50.3 Å². The predicted octanol–water partition coefficient (Wildman–Crippen LogP) is 9.01. The van der Waals surface area contributed by atoms with Crippen molar-refractivity contribution in [3.8, 4) is 22.9 Å². The number of aromatic nitrogens is 2. The van der Waals surface area contributed by atoms with Crippen molar-refractivity contribution in [3.05, 3.63) is 105 Å². The van der Waals surface area contributed by atoms with E-state index in [1.165, 1.54) is 65.5 Å². The van der Waals surface area contributed by atoms with Gasteiger partial charge in [-0.05, 0) is 82.6 Å². The molecule has 0 saturated carbocycles. The van der Waals surface area contributed by atoms with E-state index in [0.717, 1.165) is 6.07 Å². The fraction of sp³-hybridized carbons (Fsp3) is 0.343. The lowest BCUT2D eigenvalue weighted by Crippen LogP contribution is -2.27. The Morgan fingerprint density at radius 1 is 0.830 bits per heavy atom. The van der Waals surface area contributed by atoms with Gasteiger partial charge in [0.15, 0.2) is 23.1 Å². The van der Waals surface area contributed by atoms with Gasteiger partial charge in [0.1, 0.15) is 28.0 Å². The molecular formula is C35H40ClF2N3O10P2. The van der Waals surface area contributed by atoms with Crippen LogP contribution < -0.4 is 20.3 Å². The van der Waals surface area contributed by atoms with Gasteiger partial charge in [0.2, 0.25) is 5.52 Å². The average Bonchev–Trinajstić information content (AvgIpc) is 3.10. The van der Waals surface area contributed by atoms with Crippen LogP contribution >= 0.6 is 26.8 Å². The Balaban J connectivity index is 1.62. The van der Waals surface area contributed by atoms with Crippen LogP contribution in [0.3, 0.4) is 0 Å². The highest BCUT2D eigenvalue weighted by Crippen LogP contribution is 2.70. The molecule has 0 amide bonds. The topological polar surface area (TPSA) is 154 Å². The van der Waals surface area contributed by atoms with Crippen molar-refractivity contribution in [1.82, 2.24) is 9.55 Å². The smallest absolute Gasteiger partial charge is 0.365 e. The summed E-state index contributed by atoms with van der Waals surface area (Å²) in [5, 5.41) is 2.55. The lowest BCUT2D eigenvalue weighted by Gasteiger charge is -2.32. The lowest BCUT2D eigenvalue weighted by atomic mass is 10.0. The molecule has 4 aromatic rings. The maximum absolute atomic E-state index is 15.5. The molecule has 13 nitrogen and oxygen atoms in total. The SMILES string of the molecule is CCOc1ccn(-c2ccc(F)cc2)c(=O)c1C(=O)Cc1ccc(Oc2ccnc(NC(P(=O)(OCC)OCC)P(=O)(OCC)OCC)c2Cl)c(F)c1. The van der Waals surface area contributed by atoms with Gasteiger partial charge in [-0.15, -0.1) is 0 Å². The maximum Gasteiger partial charge on any atom is 0.365 e. The van der Waals surface area contributed by atoms with Crippen molar-refractivity contribution in [3.63, 3.8) is 0 Å². The van der Waals surface area contributed by atoms with E-state index in [2.05, 4.69) is 10.3 Å². The zero-order chi connectivity index (χ0) is 38.8. The summed E-state index contributed by atoms with van der Waals surface area (Å²) in [5.41, 5.74) is -2.09. The molecular weight excluding hydrogens is 758 g/mol. The van der Waals surface area contributed by atoms with Gasteiger partial charge >= 0.3 is 15.2 Å². The Kier molecular flexibility index (Phi) is 14.9. The van der Waals surface area contributed by atoms with Gasteiger partial charge in [-0.3, -0.25) is 23.3 Å². The Morgan fingerprint density at radius 3 is 1.98 bits per heavy atom. The van der Waals surface area contributed by atoms with Gasteiger partial charge in [0, 0.05) is 30.6 Å². The minimum absolute atomic E-state index is 0.0537. The molecule has 0 spiro atoms. The van der Waals surface area contributed by atoms with E-state index < -0.39 is 43.7 Å². The van der Waals surface area contributed by atoms with Crippen LogP contribution in [0.15, 0.2) is 71.8 Å². The number of hydrogen-bond acceptors (Lipinski definition) is 12. The number of benzene rings is 2. The van der Waals surface area contributed by atoms with E-state index in [4.69, 9.17) is 39.2 Å². The lowest BCUT2D eigenvalue weighted by molar-refractivity contribution is 0.0987. The van der Waals surface area contributed by atoms with Gasteiger partial charge in [-0.2, -0.15) is 0 Å². The molecule has 2 heterocycles. The Labute approximate surface area is 310 Å². The standard InChI is InChI=1S/C35H40ClF2N3O10P2/c1-6-46-29-18-20-41(25-14-12-24(37)13-15-25)34(43)31(29)27(42)22-23-11-16-28(26(38)21-23)51-30-17-19-39-33(32(30)36)40-35(52(44,47-7-2)48-8-3)53(45,49-9-4)50-10-5/h11-21,35H,6-10,22H2,1-5H3,(H,39,40). The van der Waals surface area contributed by atoms with Crippen LogP contribution in [0, 0.1) is 11.6 Å². The molecule has 0 radical (unpaired) electrons. The third-order valence-corrected chi connectivity index (χ3v) is 13.3. The second kappa shape index (κ2) is 18.9. The number of anilines is 1. The Hall–Kier alpha value is -3.94. The maximum atomic E-state index is 15.5. The average molecular weight is 798 g/mol. The van der Waals surface area contributed by atoms with Crippen LogP contribution in [0.4, 0.5) is 14.6 Å². The van der Waals surface area contributed by atoms with Crippen molar-refractivity contribution in [2.24, 2.45) is 0 Å². The first-order chi connectivity index (χ1) is 25.3. The molecule has 0 atom stereocenters.